The van der Waals surface area contributed by atoms with E-state index in [-0.39, 0.29) is 5.56 Å². The number of rotatable bonds is 5. The highest BCUT2D eigenvalue weighted by Crippen LogP contribution is 2.31. The first kappa shape index (κ1) is 20.4. The first-order valence-corrected chi connectivity index (χ1v) is 9.38. The molecule has 4 nitrogen and oxygen atoms in total. The fourth-order valence-corrected chi connectivity index (χ4v) is 3.31. The lowest BCUT2D eigenvalue weighted by Gasteiger charge is -2.17. The smallest absolute Gasteiger partial charge is 0.416 e. The van der Waals surface area contributed by atoms with E-state index in [9.17, 15) is 22.8 Å². The fourth-order valence-electron chi connectivity index (χ4n) is 3.31. The molecule has 0 fully saturated rings. The standard InChI is InChI=1S/C24H16F3NO3/c25-24(26,27)17-10-6-9-16(13-17)23(30)31-22(15-7-2-1-3-8-15)21(29)19-14-28-20-12-5-4-11-18(19)20/h1-14,22,28H. The second-order valence-electron chi connectivity index (χ2n) is 6.89. The molecule has 4 aromatic rings. The SMILES string of the molecule is O=C(OC(C(=O)c1c[nH]c2ccccc12)c1ccccc1)c1cccc(C(F)(F)F)c1. The van der Waals surface area contributed by atoms with Gasteiger partial charge in [0.2, 0.25) is 5.78 Å². The van der Waals surface area contributed by atoms with Crippen LogP contribution in [0.5, 0.6) is 0 Å². The number of carbonyl (C=O) groups excluding carboxylic acids is 2. The minimum Gasteiger partial charge on any atom is -0.445 e. The van der Waals surface area contributed by atoms with Crippen molar-refractivity contribution in [2.75, 3.05) is 0 Å². The summed E-state index contributed by atoms with van der Waals surface area (Å²) in [5, 5.41) is 0.656. The molecule has 0 spiro atoms. The van der Waals surface area contributed by atoms with Crippen LogP contribution in [-0.4, -0.2) is 16.7 Å². The minimum absolute atomic E-state index is 0.289. The lowest BCUT2D eigenvalue weighted by molar-refractivity contribution is -0.137. The van der Waals surface area contributed by atoms with E-state index in [1.807, 2.05) is 6.07 Å². The average molecular weight is 423 g/mol. The Kier molecular flexibility index (Phi) is 5.33. The number of benzene rings is 3. The molecule has 0 bridgehead atoms. The number of aromatic nitrogens is 1. The number of Topliss-reactive ketones (excluding diaryl/α,β-unsaturated/α-hetero) is 1. The van der Waals surface area contributed by atoms with Gasteiger partial charge < -0.3 is 9.72 Å². The largest absolute Gasteiger partial charge is 0.445 e. The number of alkyl halides is 3. The van der Waals surface area contributed by atoms with E-state index < -0.39 is 29.6 Å². The molecular weight excluding hydrogens is 407 g/mol. The Morgan fingerprint density at radius 1 is 0.871 bits per heavy atom. The predicted molar refractivity (Wildman–Crippen MR) is 109 cm³/mol. The highest BCUT2D eigenvalue weighted by atomic mass is 19.4. The molecule has 1 heterocycles. The summed E-state index contributed by atoms with van der Waals surface area (Å²) in [7, 11) is 0. The third-order valence-corrected chi connectivity index (χ3v) is 4.85. The van der Waals surface area contributed by atoms with E-state index in [1.165, 1.54) is 12.3 Å². The van der Waals surface area contributed by atoms with Crippen molar-refractivity contribution in [1.82, 2.24) is 4.98 Å². The van der Waals surface area contributed by atoms with Gasteiger partial charge in [0.1, 0.15) is 0 Å². The summed E-state index contributed by atoms with van der Waals surface area (Å²) in [5.41, 5.74) is 0.213. The van der Waals surface area contributed by atoms with Gasteiger partial charge in [0.15, 0.2) is 6.10 Å². The molecule has 0 radical (unpaired) electrons. The molecular formula is C24H16F3NO3. The van der Waals surface area contributed by atoms with Crippen LogP contribution in [0.4, 0.5) is 13.2 Å². The zero-order valence-electron chi connectivity index (χ0n) is 16.0. The molecule has 1 N–H and O–H groups in total. The van der Waals surface area contributed by atoms with E-state index in [2.05, 4.69) is 4.98 Å². The minimum atomic E-state index is -4.60. The van der Waals surface area contributed by atoms with Crippen molar-refractivity contribution in [2.45, 2.75) is 12.3 Å². The van der Waals surface area contributed by atoms with Gasteiger partial charge in [-0.2, -0.15) is 13.2 Å². The molecule has 0 aliphatic rings. The first-order valence-electron chi connectivity index (χ1n) is 9.38. The second-order valence-corrected chi connectivity index (χ2v) is 6.89. The van der Waals surface area contributed by atoms with Crippen molar-refractivity contribution in [3.8, 4) is 0 Å². The van der Waals surface area contributed by atoms with Crippen LogP contribution in [0.15, 0.2) is 85.1 Å². The molecule has 0 saturated heterocycles. The van der Waals surface area contributed by atoms with Gasteiger partial charge in [-0.25, -0.2) is 4.79 Å². The molecule has 0 aliphatic carbocycles. The highest BCUT2D eigenvalue weighted by molar-refractivity contribution is 6.11. The summed E-state index contributed by atoms with van der Waals surface area (Å²) in [6, 6.07) is 19.4. The Morgan fingerprint density at radius 3 is 2.32 bits per heavy atom. The fraction of sp³-hybridized carbons (Fsp3) is 0.0833. The Morgan fingerprint density at radius 2 is 1.58 bits per heavy atom. The summed E-state index contributed by atoms with van der Waals surface area (Å²) in [6.45, 7) is 0. The molecule has 156 valence electrons. The summed E-state index contributed by atoms with van der Waals surface area (Å²) < 4.78 is 44.5. The topological polar surface area (TPSA) is 59.2 Å². The summed E-state index contributed by atoms with van der Waals surface area (Å²) in [4.78, 5) is 29.0. The quantitative estimate of drug-likeness (QED) is 0.318. The van der Waals surface area contributed by atoms with Gasteiger partial charge >= 0.3 is 12.1 Å². The van der Waals surface area contributed by atoms with E-state index in [0.29, 0.717) is 22.6 Å². The molecule has 3 aromatic carbocycles. The maximum atomic E-state index is 13.3. The number of ether oxygens (including phenoxy) is 1. The van der Waals surface area contributed by atoms with Gasteiger partial charge in [0.25, 0.3) is 0 Å². The van der Waals surface area contributed by atoms with Crippen LogP contribution in [0.2, 0.25) is 0 Å². The average Bonchev–Trinajstić information content (AvgIpc) is 3.21. The van der Waals surface area contributed by atoms with Gasteiger partial charge in [-0.3, -0.25) is 4.79 Å². The summed E-state index contributed by atoms with van der Waals surface area (Å²) in [5.74, 6) is -1.50. The van der Waals surface area contributed by atoms with E-state index >= 15 is 0 Å². The number of H-pyrrole nitrogens is 1. The lowest BCUT2D eigenvalue weighted by atomic mass is 9.99. The van der Waals surface area contributed by atoms with Crippen LogP contribution in [0.1, 0.15) is 37.9 Å². The Labute approximate surface area is 175 Å². The molecule has 0 saturated carbocycles. The van der Waals surface area contributed by atoms with Crippen LogP contribution in [0, 0.1) is 0 Å². The highest BCUT2D eigenvalue weighted by Gasteiger charge is 2.32. The molecule has 1 unspecified atom stereocenters. The van der Waals surface area contributed by atoms with Gasteiger partial charge in [0.05, 0.1) is 11.1 Å². The third-order valence-electron chi connectivity index (χ3n) is 4.85. The number of carbonyl (C=O) groups is 2. The molecule has 7 heteroatoms. The van der Waals surface area contributed by atoms with Crippen LogP contribution in [-0.2, 0) is 10.9 Å². The van der Waals surface area contributed by atoms with Crippen LogP contribution in [0.25, 0.3) is 10.9 Å². The van der Waals surface area contributed by atoms with Crippen LogP contribution >= 0.6 is 0 Å². The maximum absolute atomic E-state index is 13.3. The number of aromatic amines is 1. The molecule has 31 heavy (non-hydrogen) atoms. The molecule has 1 aromatic heterocycles. The first-order chi connectivity index (χ1) is 14.8. The predicted octanol–water partition coefficient (Wildman–Crippen LogP) is 5.97. The number of ketones is 1. The zero-order valence-corrected chi connectivity index (χ0v) is 16.0. The van der Waals surface area contributed by atoms with E-state index in [4.69, 9.17) is 4.74 Å². The third kappa shape index (κ3) is 4.21. The maximum Gasteiger partial charge on any atom is 0.416 e. The van der Waals surface area contributed by atoms with Crippen molar-refractivity contribution in [2.24, 2.45) is 0 Å². The van der Waals surface area contributed by atoms with Crippen molar-refractivity contribution in [1.29, 1.82) is 0 Å². The number of hydrogen-bond donors (Lipinski definition) is 1. The molecule has 4 rings (SSSR count). The Bertz CT molecular complexity index is 1250. The number of nitrogens with one attached hydrogen (secondary N) is 1. The van der Waals surface area contributed by atoms with Gasteiger partial charge in [-0.1, -0.05) is 54.6 Å². The van der Waals surface area contributed by atoms with Gasteiger partial charge in [0, 0.05) is 28.2 Å². The number of halogens is 3. The van der Waals surface area contributed by atoms with Gasteiger partial charge in [-0.15, -0.1) is 0 Å². The lowest BCUT2D eigenvalue weighted by Crippen LogP contribution is -2.20. The normalized spacial score (nSPS) is 12.5. The van der Waals surface area contributed by atoms with E-state index in [1.54, 1.807) is 48.5 Å². The monoisotopic (exact) mass is 423 g/mol. The summed E-state index contributed by atoms with van der Waals surface area (Å²) >= 11 is 0. The van der Waals surface area contributed by atoms with Crippen LogP contribution in [0.3, 0.4) is 0 Å². The number of hydrogen-bond acceptors (Lipinski definition) is 3. The number of esters is 1. The van der Waals surface area contributed by atoms with Crippen molar-refractivity contribution >= 4 is 22.7 Å². The van der Waals surface area contributed by atoms with E-state index in [0.717, 1.165) is 17.6 Å². The van der Waals surface area contributed by atoms with Crippen LogP contribution < -0.4 is 0 Å². The molecule has 0 amide bonds. The number of para-hydroxylation sites is 1. The Balaban J connectivity index is 1.70. The molecule has 1 atom stereocenters. The second kappa shape index (κ2) is 8.10. The molecule has 0 aliphatic heterocycles. The van der Waals surface area contributed by atoms with Crippen molar-refractivity contribution in [3.05, 3.63) is 107 Å². The zero-order chi connectivity index (χ0) is 22.0. The van der Waals surface area contributed by atoms with Crippen molar-refractivity contribution < 1.29 is 27.5 Å². The summed E-state index contributed by atoms with van der Waals surface area (Å²) in [6.07, 6.45) is -4.39. The Hall–Kier alpha value is -3.87. The number of fused-ring (bicyclic) bond motifs is 1. The van der Waals surface area contributed by atoms with Crippen molar-refractivity contribution in [3.63, 3.8) is 0 Å². The van der Waals surface area contributed by atoms with Gasteiger partial charge in [-0.05, 0) is 24.3 Å².